The highest BCUT2D eigenvalue weighted by molar-refractivity contribution is 9.10. The predicted molar refractivity (Wildman–Crippen MR) is 119 cm³/mol. The molecule has 3 rings (SSSR count). The van der Waals surface area contributed by atoms with Gasteiger partial charge in [-0.2, -0.15) is 4.31 Å². The van der Waals surface area contributed by atoms with E-state index in [4.69, 9.17) is 9.47 Å². The van der Waals surface area contributed by atoms with Gasteiger partial charge in [-0.1, -0.05) is 28.1 Å². The number of morpholine rings is 1. The number of halogens is 1. The van der Waals surface area contributed by atoms with Crippen molar-refractivity contribution in [3.8, 4) is 5.75 Å². The van der Waals surface area contributed by atoms with Gasteiger partial charge in [-0.15, -0.1) is 0 Å². The van der Waals surface area contributed by atoms with Crippen LogP contribution >= 0.6 is 15.9 Å². The summed E-state index contributed by atoms with van der Waals surface area (Å²) in [5.74, 6) is -0.0316. The number of hydrogen-bond donors (Lipinski definition) is 1. The molecule has 1 N–H and O–H groups in total. The minimum atomic E-state index is -3.69. The molecule has 0 spiro atoms. The van der Waals surface area contributed by atoms with Gasteiger partial charge in [0.2, 0.25) is 15.9 Å². The van der Waals surface area contributed by atoms with Gasteiger partial charge in [0.25, 0.3) is 0 Å². The number of nitrogens with one attached hydrogen (secondary N) is 1. The molecule has 0 radical (unpaired) electrons. The van der Waals surface area contributed by atoms with Crippen molar-refractivity contribution in [2.75, 3.05) is 38.7 Å². The minimum absolute atomic E-state index is 0.0887. The first-order valence-corrected chi connectivity index (χ1v) is 11.6. The lowest BCUT2D eigenvalue weighted by atomic mass is 10.1. The third kappa shape index (κ3) is 5.28. The Morgan fingerprint density at radius 1 is 1.20 bits per heavy atom. The van der Waals surface area contributed by atoms with Crippen LogP contribution in [0.1, 0.15) is 11.1 Å². The third-order valence-corrected chi connectivity index (χ3v) is 7.19. The molecule has 0 atom stereocenters. The lowest BCUT2D eigenvalue weighted by Crippen LogP contribution is -2.40. The average molecular weight is 495 g/mol. The first kappa shape index (κ1) is 22.5. The number of amides is 1. The van der Waals surface area contributed by atoms with Crippen LogP contribution in [0.4, 0.5) is 5.69 Å². The van der Waals surface area contributed by atoms with Crippen molar-refractivity contribution in [3.05, 3.63) is 58.1 Å². The molecule has 160 valence electrons. The standard InChI is InChI=1S/C21H23BrN2O5S/c1-15-3-4-16(18(22)13-15)5-8-21(25)23-19-14-17(6-7-20(19)28-2)30(26,27)24-9-11-29-12-10-24/h3-8,13-14H,9-12H2,1-2H3,(H,23,25). The van der Waals surface area contributed by atoms with Crippen LogP contribution in [0.25, 0.3) is 6.08 Å². The molecule has 0 aliphatic carbocycles. The fourth-order valence-electron chi connectivity index (χ4n) is 2.99. The zero-order valence-corrected chi connectivity index (χ0v) is 19.1. The Bertz CT molecular complexity index is 1060. The van der Waals surface area contributed by atoms with Crippen LogP contribution in [0.15, 0.2) is 51.8 Å². The Hall–Kier alpha value is -2.20. The number of methoxy groups -OCH3 is 1. The zero-order chi connectivity index (χ0) is 21.7. The Morgan fingerprint density at radius 3 is 2.60 bits per heavy atom. The van der Waals surface area contributed by atoms with Crippen molar-refractivity contribution < 1.29 is 22.7 Å². The van der Waals surface area contributed by atoms with Crippen LogP contribution in [0.3, 0.4) is 0 Å². The number of hydrogen-bond acceptors (Lipinski definition) is 5. The topological polar surface area (TPSA) is 84.9 Å². The smallest absolute Gasteiger partial charge is 0.248 e. The first-order valence-electron chi connectivity index (χ1n) is 9.32. The van der Waals surface area contributed by atoms with Crippen molar-refractivity contribution >= 4 is 43.6 Å². The maximum absolute atomic E-state index is 12.9. The largest absolute Gasteiger partial charge is 0.495 e. The number of sulfonamides is 1. The van der Waals surface area contributed by atoms with E-state index >= 15 is 0 Å². The van der Waals surface area contributed by atoms with Gasteiger partial charge in [-0.05, 0) is 48.4 Å². The van der Waals surface area contributed by atoms with Crippen LogP contribution in [0.5, 0.6) is 5.75 Å². The Morgan fingerprint density at radius 2 is 1.93 bits per heavy atom. The van der Waals surface area contributed by atoms with Crippen molar-refractivity contribution in [3.63, 3.8) is 0 Å². The molecule has 1 heterocycles. The lowest BCUT2D eigenvalue weighted by Gasteiger charge is -2.26. The molecule has 7 nitrogen and oxygen atoms in total. The van der Waals surface area contributed by atoms with Gasteiger partial charge in [-0.3, -0.25) is 4.79 Å². The number of aryl methyl sites for hydroxylation is 1. The number of carbonyl (C=O) groups excluding carboxylic acids is 1. The van der Waals surface area contributed by atoms with Gasteiger partial charge in [0.1, 0.15) is 5.75 Å². The van der Waals surface area contributed by atoms with Crippen molar-refractivity contribution in [1.29, 1.82) is 0 Å². The summed E-state index contributed by atoms with van der Waals surface area (Å²) in [6, 6.07) is 10.2. The molecule has 1 aliphatic heterocycles. The second-order valence-corrected chi connectivity index (χ2v) is 9.52. The molecule has 0 aromatic heterocycles. The number of nitrogens with zero attached hydrogens (tertiary/aromatic N) is 1. The highest BCUT2D eigenvalue weighted by atomic mass is 79.9. The van der Waals surface area contributed by atoms with Crippen LogP contribution in [-0.2, 0) is 19.6 Å². The van der Waals surface area contributed by atoms with E-state index < -0.39 is 15.9 Å². The van der Waals surface area contributed by atoms with E-state index in [1.165, 1.54) is 35.7 Å². The van der Waals surface area contributed by atoms with E-state index in [1.807, 2.05) is 25.1 Å². The maximum Gasteiger partial charge on any atom is 0.248 e. The molecule has 0 bridgehead atoms. The van der Waals surface area contributed by atoms with Crippen molar-refractivity contribution in [1.82, 2.24) is 4.31 Å². The van der Waals surface area contributed by atoms with Crippen LogP contribution < -0.4 is 10.1 Å². The van der Waals surface area contributed by atoms with Crippen LogP contribution in [0, 0.1) is 6.92 Å². The van der Waals surface area contributed by atoms with E-state index in [1.54, 1.807) is 6.08 Å². The summed E-state index contributed by atoms with van der Waals surface area (Å²) in [7, 11) is -2.23. The summed E-state index contributed by atoms with van der Waals surface area (Å²) >= 11 is 3.47. The van der Waals surface area contributed by atoms with Gasteiger partial charge in [0, 0.05) is 23.6 Å². The van der Waals surface area contributed by atoms with Crippen LogP contribution in [0.2, 0.25) is 0 Å². The van der Waals surface area contributed by atoms with Crippen molar-refractivity contribution in [2.24, 2.45) is 0 Å². The van der Waals surface area contributed by atoms with Gasteiger partial charge in [-0.25, -0.2) is 8.42 Å². The monoisotopic (exact) mass is 494 g/mol. The summed E-state index contributed by atoms with van der Waals surface area (Å²) in [4.78, 5) is 12.5. The van der Waals surface area contributed by atoms with Gasteiger partial charge in [0.15, 0.2) is 0 Å². The summed E-state index contributed by atoms with van der Waals surface area (Å²) in [5.41, 5.74) is 2.24. The molecule has 2 aromatic rings. The highest BCUT2D eigenvalue weighted by Crippen LogP contribution is 2.29. The number of carbonyl (C=O) groups is 1. The molecule has 0 saturated carbocycles. The molecule has 2 aromatic carbocycles. The number of benzene rings is 2. The van der Waals surface area contributed by atoms with E-state index in [-0.39, 0.29) is 10.6 Å². The number of rotatable bonds is 6. The molecule has 1 fully saturated rings. The Labute approximate surface area is 184 Å². The number of ether oxygens (including phenoxy) is 2. The lowest BCUT2D eigenvalue weighted by molar-refractivity contribution is -0.111. The Balaban J connectivity index is 1.81. The van der Waals surface area contributed by atoms with E-state index in [0.29, 0.717) is 32.1 Å². The second kappa shape index (κ2) is 9.74. The average Bonchev–Trinajstić information content (AvgIpc) is 2.73. The summed E-state index contributed by atoms with van der Waals surface area (Å²) in [6.07, 6.45) is 3.07. The normalized spacial score (nSPS) is 15.3. The fourth-order valence-corrected chi connectivity index (χ4v) is 5.05. The van der Waals surface area contributed by atoms with Gasteiger partial charge < -0.3 is 14.8 Å². The summed E-state index contributed by atoms with van der Waals surface area (Å²) in [5, 5.41) is 2.70. The molecule has 30 heavy (non-hydrogen) atoms. The van der Waals surface area contributed by atoms with E-state index in [2.05, 4.69) is 21.2 Å². The summed E-state index contributed by atoms with van der Waals surface area (Å²) in [6.45, 7) is 3.29. The highest BCUT2D eigenvalue weighted by Gasteiger charge is 2.27. The van der Waals surface area contributed by atoms with Crippen LogP contribution in [-0.4, -0.2) is 52.0 Å². The zero-order valence-electron chi connectivity index (χ0n) is 16.7. The predicted octanol–water partition coefficient (Wildman–Crippen LogP) is 3.44. The minimum Gasteiger partial charge on any atom is -0.495 e. The first-order chi connectivity index (χ1) is 14.3. The molecule has 1 aliphatic rings. The third-order valence-electron chi connectivity index (χ3n) is 4.61. The fraction of sp³-hybridized carbons (Fsp3) is 0.286. The van der Waals surface area contributed by atoms with Gasteiger partial charge >= 0.3 is 0 Å². The molecule has 1 saturated heterocycles. The number of anilines is 1. The SMILES string of the molecule is COc1ccc(S(=O)(=O)N2CCOCC2)cc1NC(=O)C=Cc1ccc(C)cc1Br. The second-order valence-electron chi connectivity index (χ2n) is 6.73. The Kier molecular flexibility index (Phi) is 7.30. The molecular weight excluding hydrogens is 472 g/mol. The molecule has 9 heteroatoms. The molecular formula is C21H23BrN2O5S. The quantitative estimate of drug-likeness (QED) is 0.621. The summed E-state index contributed by atoms with van der Waals surface area (Å²) < 4.78 is 38.6. The molecule has 1 amide bonds. The van der Waals surface area contributed by atoms with Gasteiger partial charge in [0.05, 0.1) is 30.9 Å². The molecule has 0 unspecified atom stereocenters. The maximum atomic E-state index is 12.9. The van der Waals surface area contributed by atoms with Crippen molar-refractivity contribution in [2.45, 2.75) is 11.8 Å². The van der Waals surface area contributed by atoms with E-state index in [0.717, 1.165) is 15.6 Å². The van der Waals surface area contributed by atoms with E-state index in [9.17, 15) is 13.2 Å².